The first-order valence-corrected chi connectivity index (χ1v) is 7.16. The molecule has 2 fully saturated rings. The lowest BCUT2D eigenvalue weighted by Crippen LogP contribution is -2.46. The third kappa shape index (κ3) is 4.43. The van der Waals surface area contributed by atoms with Gasteiger partial charge in [-0.15, -0.1) is 12.4 Å². The number of carbonyl (C=O) groups excluding carboxylic acids is 1. The summed E-state index contributed by atoms with van der Waals surface area (Å²) in [5.41, 5.74) is 0. The van der Waals surface area contributed by atoms with Crippen molar-refractivity contribution in [1.82, 2.24) is 10.6 Å². The summed E-state index contributed by atoms with van der Waals surface area (Å²) in [6.45, 7) is 6.54. The molecule has 106 valence electrons. The SMILES string of the molecule is CC1CC(C)CC(NC(=O)[C@@H]2CCCNC2)C1.Cl. The highest BCUT2D eigenvalue weighted by Crippen LogP contribution is 2.28. The van der Waals surface area contributed by atoms with Crippen LogP contribution in [0.4, 0.5) is 0 Å². The van der Waals surface area contributed by atoms with Crippen LogP contribution in [0.3, 0.4) is 0 Å². The zero-order chi connectivity index (χ0) is 12.3. The summed E-state index contributed by atoms with van der Waals surface area (Å²) in [5, 5.41) is 6.58. The van der Waals surface area contributed by atoms with Crippen molar-refractivity contribution in [2.45, 2.75) is 52.0 Å². The first-order valence-electron chi connectivity index (χ1n) is 7.16. The first-order chi connectivity index (χ1) is 8.15. The molecule has 4 heteroatoms. The van der Waals surface area contributed by atoms with Gasteiger partial charge in [0.25, 0.3) is 0 Å². The minimum atomic E-state index is 0. The molecule has 0 aromatic heterocycles. The fraction of sp³-hybridized carbons (Fsp3) is 0.929. The maximum Gasteiger partial charge on any atom is 0.224 e. The van der Waals surface area contributed by atoms with Crippen LogP contribution >= 0.6 is 12.4 Å². The van der Waals surface area contributed by atoms with Crippen molar-refractivity contribution in [2.75, 3.05) is 13.1 Å². The fourth-order valence-electron chi connectivity index (χ4n) is 3.46. The van der Waals surface area contributed by atoms with Crippen LogP contribution in [-0.2, 0) is 4.79 Å². The van der Waals surface area contributed by atoms with Crippen molar-refractivity contribution in [3.8, 4) is 0 Å². The molecule has 2 N–H and O–H groups in total. The Morgan fingerprint density at radius 1 is 1.17 bits per heavy atom. The molecule has 1 saturated heterocycles. The smallest absolute Gasteiger partial charge is 0.224 e. The van der Waals surface area contributed by atoms with Gasteiger partial charge in [-0.3, -0.25) is 4.79 Å². The summed E-state index contributed by atoms with van der Waals surface area (Å²) in [6.07, 6.45) is 5.83. The number of nitrogens with one attached hydrogen (secondary N) is 2. The van der Waals surface area contributed by atoms with Gasteiger partial charge in [-0.05, 0) is 50.5 Å². The second kappa shape index (κ2) is 7.34. The van der Waals surface area contributed by atoms with Crippen LogP contribution in [-0.4, -0.2) is 25.0 Å². The van der Waals surface area contributed by atoms with Gasteiger partial charge in [0.1, 0.15) is 0 Å². The number of hydrogen-bond donors (Lipinski definition) is 2. The van der Waals surface area contributed by atoms with Gasteiger partial charge in [0, 0.05) is 12.6 Å². The number of piperidine rings is 1. The van der Waals surface area contributed by atoms with Crippen LogP contribution in [0.2, 0.25) is 0 Å². The second-order valence-corrected chi connectivity index (χ2v) is 6.17. The molecule has 2 rings (SSSR count). The molecule has 0 aromatic rings. The predicted octanol–water partition coefficient (Wildman–Crippen LogP) is 2.35. The lowest BCUT2D eigenvalue weighted by atomic mass is 9.80. The summed E-state index contributed by atoms with van der Waals surface area (Å²) in [5.74, 6) is 2.00. The topological polar surface area (TPSA) is 41.1 Å². The number of rotatable bonds is 2. The monoisotopic (exact) mass is 274 g/mol. The summed E-state index contributed by atoms with van der Waals surface area (Å²) < 4.78 is 0. The molecule has 3 nitrogen and oxygen atoms in total. The fourth-order valence-corrected chi connectivity index (χ4v) is 3.46. The molecule has 1 saturated carbocycles. The quantitative estimate of drug-likeness (QED) is 0.812. The van der Waals surface area contributed by atoms with Gasteiger partial charge in [0.2, 0.25) is 5.91 Å². The van der Waals surface area contributed by atoms with Gasteiger partial charge in [-0.2, -0.15) is 0 Å². The lowest BCUT2D eigenvalue weighted by Gasteiger charge is -2.33. The van der Waals surface area contributed by atoms with Crippen molar-refractivity contribution in [3.63, 3.8) is 0 Å². The van der Waals surface area contributed by atoms with Crippen LogP contribution < -0.4 is 10.6 Å². The molecular formula is C14H27ClN2O. The molecule has 0 aromatic carbocycles. The maximum absolute atomic E-state index is 12.1. The molecule has 1 amide bonds. The van der Waals surface area contributed by atoms with Gasteiger partial charge >= 0.3 is 0 Å². The van der Waals surface area contributed by atoms with E-state index in [4.69, 9.17) is 0 Å². The van der Waals surface area contributed by atoms with Crippen LogP contribution in [0.25, 0.3) is 0 Å². The first kappa shape index (κ1) is 15.8. The van der Waals surface area contributed by atoms with Crippen molar-refractivity contribution >= 4 is 18.3 Å². The van der Waals surface area contributed by atoms with Crippen molar-refractivity contribution in [3.05, 3.63) is 0 Å². The molecule has 1 heterocycles. The Labute approximate surface area is 117 Å². The van der Waals surface area contributed by atoms with E-state index in [2.05, 4.69) is 24.5 Å². The highest BCUT2D eigenvalue weighted by molar-refractivity contribution is 5.85. The third-order valence-electron chi connectivity index (χ3n) is 4.19. The number of carbonyl (C=O) groups is 1. The number of hydrogen-bond acceptors (Lipinski definition) is 2. The number of amides is 1. The summed E-state index contributed by atoms with van der Waals surface area (Å²) in [4.78, 5) is 12.1. The van der Waals surface area contributed by atoms with E-state index in [1.807, 2.05) is 0 Å². The van der Waals surface area contributed by atoms with Crippen molar-refractivity contribution in [2.24, 2.45) is 17.8 Å². The molecule has 0 spiro atoms. The third-order valence-corrected chi connectivity index (χ3v) is 4.19. The zero-order valence-electron chi connectivity index (χ0n) is 11.6. The maximum atomic E-state index is 12.1. The lowest BCUT2D eigenvalue weighted by molar-refractivity contribution is -0.126. The summed E-state index contributed by atoms with van der Waals surface area (Å²) in [6, 6.07) is 0.420. The van der Waals surface area contributed by atoms with Gasteiger partial charge in [0.05, 0.1) is 5.92 Å². The van der Waals surface area contributed by atoms with Gasteiger partial charge in [-0.1, -0.05) is 13.8 Å². The Bertz CT molecular complexity index is 257. The van der Waals surface area contributed by atoms with E-state index in [0.29, 0.717) is 6.04 Å². The highest BCUT2D eigenvalue weighted by atomic mass is 35.5. The number of halogens is 1. The van der Waals surface area contributed by atoms with Crippen LogP contribution in [0.1, 0.15) is 46.0 Å². The van der Waals surface area contributed by atoms with Crippen molar-refractivity contribution < 1.29 is 4.79 Å². The van der Waals surface area contributed by atoms with Crippen LogP contribution in [0.15, 0.2) is 0 Å². The molecule has 0 radical (unpaired) electrons. The largest absolute Gasteiger partial charge is 0.353 e. The Morgan fingerprint density at radius 2 is 1.83 bits per heavy atom. The zero-order valence-corrected chi connectivity index (χ0v) is 12.4. The average Bonchev–Trinajstić information content (AvgIpc) is 2.28. The standard InChI is InChI=1S/C14H26N2O.ClH/c1-10-6-11(2)8-13(7-10)16-14(17)12-4-3-5-15-9-12;/h10-13,15H,3-9H2,1-2H3,(H,16,17);1H/t10?,11?,12-,13?;/m1./s1. The van der Waals surface area contributed by atoms with E-state index in [9.17, 15) is 4.79 Å². The molecule has 1 aliphatic carbocycles. The summed E-state index contributed by atoms with van der Waals surface area (Å²) in [7, 11) is 0. The van der Waals surface area contributed by atoms with Crippen LogP contribution in [0, 0.1) is 17.8 Å². The summed E-state index contributed by atoms with van der Waals surface area (Å²) >= 11 is 0. The van der Waals surface area contributed by atoms with E-state index in [1.165, 1.54) is 6.42 Å². The average molecular weight is 275 g/mol. The molecule has 0 bridgehead atoms. The molecule has 18 heavy (non-hydrogen) atoms. The van der Waals surface area contributed by atoms with Gasteiger partial charge in [0.15, 0.2) is 0 Å². The molecular weight excluding hydrogens is 248 g/mol. The van der Waals surface area contributed by atoms with Gasteiger partial charge < -0.3 is 10.6 Å². The van der Waals surface area contributed by atoms with E-state index in [-0.39, 0.29) is 24.2 Å². The van der Waals surface area contributed by atoms with Crippen LogP contribution in [0.5, 0.6) is 0 Å². The predicted molar refractivity (Wildman–Crippen MR) is 77.0 cm³/mol. The Kier molecular flexibility index (Phi) is 6.44. The highest BCUT2D eigenvalue weighted by Gasteiger charge is 2.28. The van der Waals surface area contributed by atoms with E-state index in [1.54, 1.807) is 0 Å². The van der Waals surface area contributed by atoms with E-state index >= 15 is 0 Å². The molecule has 3 atom stereocenters. The van der Waals surface area contributed by atoms with Gasteiger partial charge in [-0.25, -0.2) is 0 Å². The molecule has 2 aliphatic rings. The minimum Gasteiger partial charge on any atom is -0.353 e. The molecule has 2 unspecified atom stereocenters. The minimum absolute atomic E-state index is 0. The Morgan fingerprint density at radius 3 is 2.39 bits per heavy atom. The van der Waals surface area contributed by atoms with Crippen molar-refractivity contribution in [1.29, 1.82) is 0 Å². The normalized spacial score (nSPS) is 36.6. The second-order valence-electron chi connectivity index (χ2n) is 6.17. The van der Waals surface area contributed by atoms with E-state index < -0.39 is 0 Å². The van der Waals surface area contributed by atoms with E-state index in [0.717, 1.165) is 50.6 Å². The Balaban J connectivity index is 0.00000162. The molecule has 1 aliphatic heterocycles. The Hall–Kier alpha value is -0.280.